The molecule has 15 heavy (non-hydrogen) atoms. The van der Waals surface area contributed by atoms with Crippen molar-refractivity contribution in [3.05, 3.63) is 11.8 Å². The molecule has 0 aromatic carbocycles. The van der Waals surface area contributed by atoms with Crippen LogP contribution in [0.5, 0.6) is 0 Å². The van der Waals surface area contributed by atoms with E-state index < -0.39 is 8.07 Å². The topological polar surface area (TPSA) is 0 Å². The van der Waals surface area contributed by atoms with Crippen molar-refractivity contribution in [2.45, 2.75) is 58.7 Å². The maximum absolute atomic E-state index is 3.46. The molecule has 1 fully saturated rings. The first-order valence-corrected chi connectivity index (χ1v) is 9.70. The Morgan fingerprint density at radius 1 is 1.07 bits per heavy atom. The zero-order chi connectivity index (χ0) is 11.4. The van der Waals surface area contributed by atoms with Crippen LogP contribution >= 0.6 is 0 Å². The van der Waals surface area contributed by atoms with Crippen molar-refractivity contribution in [1.29, 1.82) is 0 Å². The van der Waals surface area contributed by atoms with Crippen LogP contribution in [-0.2, 0) is 0 Å². The Kier molecular flexibility index (Phi) is 4.22. The highest BCUT2D eigenvalue weighted by Gasteiger charge is 2.23. The molecular formula is C14H24Si. The standard InChI is InChI=1S/C14H24Si/c1-14(10-6-5-7-11-14)12-8-9-13-15(2,3)4/h9,13H,5-7,10-11H2,1-4H3/b13-9+. The lowest BCUT2D eigenvalue weighted by molar-refractivity contribution is 0.300. The van der Waals surface area contributed by atoms with Crippen molar-refractivity contribution in [1.82, 2.24) is 0 Å². The predicted octanol–water partition coefficient (Wildman–Crippen LogP) is 4.39. The Hall–Kier alpha value is -0.483. The van der Waals surface area contributed by atoms with Crippen molar-refractivity contribution < 1.29 is 0 Å². The summed E-state index contributed by atoms with van der Waals surface area (Å²) in [5.41, 5.74) is 2.63. The Morgan fingerprint density at radius 2 is 1.67 bits per heavy atom. The highest BCUT2D eigenvalue weighted by atomic mass is 28.3. The molecule has 0 unspecified atom stereocenters. The van der Waals surface area contributed by atoms with Crippen LogP contribution in [0.25, 0.3) is 0 Å². The fourth-order valence-electron chi connectivity index (χ4n) is 1.96. The van der Waals surface area contributed by atoms with E-state index >= 15 is 0 Å². The fraction of sp³-hybridized carbons (Fsp3) is 0.714. The third kappa shape index (κ3) is 5.23. The van der Waals surface area contributed by atoms with E-state index in [4.69, 9.17) is 0 Å². The molecule has 1 heteroatoms. The molecule has 84 valence electrons. The van der Waals surface area contributed by atoms with Gasteiger partial charge in [0.1, 0.15) is 0 Å². The molecule has 1 rings (SSSR count). The van der Waals surface area contributed by atoms with E-state index in [0.29, 0.717) is 5.41 Å². The zero-order valence-corrected chi connectivity index (χ0v) is 11.7. The summed E-state index contributed by atoms with van der Waals surface area (Å²) in [6, 6.07) is 0. The van der Waals surface area contributed by atoms with Gasteiger partial charge in [-0.3, -0.25) is 0 Å². The molecule has 0 atom stereocenters. The van der Waals surface area contributed by atoms with Gasteiger partial charge in [-0.1, -0.05) is 56.4 Å². The predicted molar refractivity (Wildman–Crippen MR) is 71.5 cm³/mol. The first-order chi connectivity index (χ1) is 6.91. The lowest BCUT2D eigenvalue weighted by Crippen LogP contribution is -2.17. The van der Waals surface area contributed by atoms with Gasteiger partial charge in [0.15, 0.2) is 0 Å². The fourth-order valence-corrected chi connectivity index (χ4v) is 2.55. The number of hydrogen-bond donors (Lipinski definition) is 0. The van der Waals surface area contributed by atoms with Crippen LogP contribution in [0.15, 0.2) is 11.8 Å². The van der Waals surface area contributed by atoms with Crippen LogP contribution in [0.3, 0.4) is 0 Å². The maximum atomic E-state index is 3.46. The summed E-state index contributed by atoms with van der Waals surface area (Å²) in [4.78, 5) is 0. The van der Waals surface area contributed by atoms with Crippen LogP contribution in [0.1, 0.15) is 39.0 Å². The molecule has 0 aromatic heterocycles. The van der Waals surface area contributed by atoms with Crippen molar-refractivity contribution in [2.75, 3.05) is 0 Å². The lowest BCUT2D eigenvalue weighted by Gasteiger charge is -2.27. The van der Waals surface area contributed by atoms with E-state index in [-0.39, 0.29) is 0 Å². The average Bonchev–Trinajstić information content (AvgIpc) is 2.12. The summed E-state index contributed by atoms with van der Waals surface area (Å²) in [5, 5.41) is 0. The van der Waals surface area contributed by atoms with Gasteiger partial charge >= 0.3 is 0 Å². The smallest absolute Gasteiger partial charge is 0.0695 e. The summed E-state index contributed by atoms with van der Waals surface area (Å²) in [7, 11) is -1.05. The van der Waals surface area contributed by atoms with Gasteiger partial charge in [-0.05, 0) is 25.8 Å². The molecular weight excluding hydrogens is 196 g/mol. The molecule has 1 aliphatic carbocycles. The van der Waals surface area contributed by atoms with Gasteiger partial charge in [-0.25, -0.2) is 0 Å². The molecule has 0 bridgehead atoms. The normalized spacial score (nSPS) is 21.1. The Balaban J connectivity index is 2.53. The third-order valence-electron chi connectivity index (χ3n) is 3.00. The summed E-state index contributed by atoms with van der Waals surface area (Å²) >= 11 is 0. The van der Waals surface area contributed by atoms with Crippen LogP contribution in [0.4, 0.5) is 0 Å². The van der Waals surface area contributed by atoms with Crippen molar-refractivity contribution in [3.63, 3.8) is 0 Å². The summed E-state index contributed by atoms with van der Waals surface area (Å²) < 4.78 is 0. The van der Waals surface area contributed by atoms with E-state index in [2.05, 4.69) is 50.2 Å². The summed E-state index contributed by atoms with van der Waals surface area (Å²) in [6.07, 6.45) is 8.81. The van der Waals surface area contributed by atoms with Crippen molar-refractivity contribution in [3.8, 4) is 11.8 Å². The third-order valence-corrected chi connectivity index (χ3v) is 4.16. The zero-order valence-electron chi connectivity index (χ0n) is 10.7. The lowest BCUT2D eigenvalue weighted by atomic mass is 9.76. The highest BCUT2D eigenvalue weighted by Crippen LogP contribution is 2.34. The van der Waals surface area contributed by atoms with Gasteiger partial charge < -0.3 is 0 Å². The molecule has 0 radical (unpaired) electrons. The summed E-state index contributed by atoms with van der Waals surface area (Å²) in [5.74, 6) is 6.71. The molecule has 1 saturated carbocycles. The van der Waals surface area contributed by atoms with E-state index in [0.717, 1.165) is 0 Å². The highest BCUT2D eigenvalue weighted by molar-refractivity contribution is 6.81. The minimum absolute atomic E-state index is 0.308. The van der Waals surface area contributed by atoms with Crippen LogP contribution in [-0.4, -0.2) is 8.07 Å². The van der Waals surface area contributed by atoms with Gasteiger partial charge in [0.25, 0.3) is 0 Å². The second-order valence-corrected chi connectivity index (χ2v) is 11.2. The SMILES string of the molecule is CC1(C#C/C=C/[Si](C)(C)C)CCCCC1. The molecule has 1 aliphatic rings. The first kappa shape index (κ1) is 12.6. The van der Waals surface area contributed by atoms with Crippen LogP contribution in [0.2, 0.25) is 19.6 Å². The van der Waals surface area contributed by atoms with Gasteiger partial charge in [-0.2, -0.15) is 0 Å². The van der Waals surface area contributed by atoms with E-state index in [1.54, 1.807) is 0 Å². The molecule has 0 spiro atoms. The number of allylic oxidation sites excluding steroid dienone is 1. The Labute approximate surface area is 96.2 Å². The summed E-state index contributed by atoms with van der Waals surface area (Å²) in [6.45, 7) is 9.34. The van der Waals surface area contributed by atoms with Crippen molar-refractivity contribution >= 4 is 8.07 Å². The average molecular weight is 220 g/mol. The van der Waals surface area contributed by atoms with Gasteiger partial charge in [0.05, 0.1) is 8.07 Å². The quantitative estimate of drug-likeness (QED) is 0.454. The minimum Gasteiger partial charge on any atom is -0.0920 e. The Morgan fingerprint density at radius 3 is 2.20 bits per heavy atom. The monoisotopic (exact) mass is 220 g/mol. The van der Waals surface area contributed by atoms with Crippen molar-refractivity contribution in [2.24, 2.45) is 5.41 Å². The molecule has 0 heterocycles. The number of rotatable bonds is 1. The van der Waals surface area contributed by atoms with E-state index in [1.165, 1.54) is 32.1 Å². The molecule has 0 aliphatic heterocycles. The van der Waals surface area contributed by atoms with Gasteiger partial charge in [0, 0.05) is 5.41 Å². The largest absolute Gasteiger partial charge is 0.0920 e. The Bertz CT molecular complexity index is 277. The minimum atomic E-state index is -1.05. The van der Waals surface area contributed by atoms with Crippen LogP contribution < -0.4 is 0 Å². The van der Waals surface area contributed by atoms with Gasteiger partial charge in [0.2, 0.25) is 0 Å². The van der Waals surface area contributed by atoms with E-state index in [9.17, 15) is 0 Å². The first-order valence-electron chi connectivity index (χ1n) is 6.12. The van der Waals surface area contributed by atoms with E-state index in [1.807, 2.05) is 0 Å². The molecule has 0 saturated heterocycles. The second kappa shape index (κ2) is 5.03. The van der Waals surface area contributed by atoms with Gasteiger partial charge in [-0.15, -0.1) is 0 Å². The van der Waals surface area contributed by atoms with Crippen LogP contribution in [0, 0.1) is 17.3 Å². The molecule has 0 N–H and O–H groups in total. The maximum Gasteiger partial charge on any atom is 0.0695 e. The second-order valence-electron chi connectivity index (χ2n) is 6.09. The number of hydrogen-bond acceptors (Lipinski definition) is 0. The molecule has 0 nitrogen and oxygen atoms in total. The molecule has 0 amide bonds. The molecule has 0 aromatic rings.